The highest BCUT2D eigenvalue weighted by Crippen LogP contribution is 2.35. The molecule has 0 saturated heterocycles. The first-order valence-electron chi connectivity index (χ1n) is 4.40. The number of rotatable bonds is 2. The first-order chi connectivity index (χ1) is 7.48. The van der Waals surface area contributed by atoms with Crippen molar-refractivity contribution in [2.75, 3.05) is 5.73 Å². The number of hydrogen-bond donors (Lipinski definition) is 2. The summed E-state index contributed by atoms with van der Waals surface area (Å²) >= 11 is 0.957. The van der Waals surface area contributed by atoms with Gasteiger partial charge in [0.15, 0.2) is 4.21 Å². The number of anilines is 1. The molecule has 6 heteroatoms. The largest absolute Gasteiger partial charge is 0.397 e. The summed E-state index contributed by atoms with van der Waals surface area (Å²) in [5.41, 5.74) is 6.48. The molecule has 0 aliphatic rings. The van der Waals surface area contributed by atoms with E-state index in [9.17, 15) is 8.42 Å². The second-order valence-corrected chi connectivity index (χ2v) is 5.86. The Morgan fingerprint density at radius 1 is 1.19 bits per heavy atom. The third-order valence-corrected chi connectivity index (χ3v) is 4.60. The molecule has 3 N–H and O–H groups in total. The van der Waals surface area contributed by atoms with Crippen molar-refractivity contribution in [1.82, 2.24) is 0 Å². The van der Waals surface area contributed by atoms with Gasteiger partial charge in [-0.2, -0.15) is 8.42 Å². The molecule has 0 spiro atoms. The molecule has 1 aromatic heterocycles. The number of thiophene rings is 1. The van der Waals surface area contributed by atoms with Crippen molar-refractivity contribution in [2.45, 2.75) is 4.21 Å². The van der Waals surface area contributed by atoms with Crippen molar-refractivity contribution in [3.63, 3.8) is 0 Å². The van der Waals surface area contributed by atoms with Gasteiger partial charge in [-0.3, -0.25) is 4.55 Å². The van der Waals surface area contributed by atoms with Gasteiger partial charge in [-0.15, -0.1) is 11.3 Å². The summed E-state index contributed by atoms with van der Waals surface area (Å²) in [7, 11) is -4.23. The van der Waals surface area contributed by atoms with Crippen LogP contribution < -0.4 is 5.73 Å². The molecule has 84 valence electrons. The Balaban J connectivity index is 2.55. The van der Waals surface area contributed by atoms with Crippen molar-refractivity contribution in [3.8, 4) is 10.4 Å². The number of nitrogens with two attached hydrogens (primary N) is 1. The van der Waals surface area contributed by atoms with E-state index in [4.69, 9.17) is 10.3 Å². The van der Waals surface area contributed by atoms with Crippen LogP contribution in [0.2, 0.25) is 0 Å². The van der Waals surface area contributed by atoms with Crippen LogP contribution in [-0.4, -0.2) is 13.0 Å². The fraction of sp³-hybridized carbons (Fsp3) is 0. The zero-order chi connectivity index (χ0) is 11.8. The van der Waals surface area contributed by atoms with Crippen molar-refractivity contribution < 1.29 is 13.0 Å². The molecule has 0 radical (unpaired) electrons. The Kier molecular flexibility index (Phi) is 2.71. The standard InChI is InChI=1S/C10H9NO3S2/c11-8-6-9(7-4-2-1-3-5-7)15-10(8)16(12,13)14/h1-6H,11H2,(H,12,13,14). The molecular formula is C10H9NO3S2. The van der Waals surface area contributed by atoms with E-state index in [1.807, 2.05) is 30.3 Å². The first-order valence-corrected chi connectivity index (χ1v) is 6.66. The molecule has 0 bridgehead atoms. The molecule has 0 amide bonds. The fourth-order valence-electron chi connectivity index (χ4n) is 1.33. The lowest BCUT2D eigenvalue weighted by molar-refractivity contribution is 0.486. The highest BCUT2D eigenvalue weighted by molar-refractivity contribution is 7.88. The van der Waals surface area contributed by atoms with Crippen LogP contribution in [0, 0.1) is 0 Å². The predicted molar refractivity (Wildman–Crippen MR) is 64.0 cm³/mol. The third kappa shape index (κ3) is 2.08. The summed E-state index contributed by atoms with van der Waals surface area (Å²) in [5, 5.41) is 0. The molecule has 1 heterocycles. The second kappa shape index (κ2) is 3.89. The minimum absolute atomic E-state index is 0.0753. The van der Waals surface area contributed by atoms with E-state index in [2.05, 4.69) is 0 Å². The summed E-state index contributed by atoms with van der Waals surface area (Å²) in [6.07, 6.45) is 0. The monoisotopic (exact) mass is 255 g/mol. The van der Waals surface area contributed by atoms with Crippen LogP contribution in [0.4, 0.5) is 5.69 Å². The summed E-state index contributed by atoms with van der Waals surface area (Å²) in [6.45, 7) is 0. The Labute approximate surface area is 97.1 Å². The van der Waals surface area contributed by atoms with E-state index in [0.29, 0.717) is 4.88 Å². The SMILES string of the molecule is Nc1cc(-c2ccccc2)sc1S(=O)(=O)O. The zero-order valence-electron chi connectivity index (χ0n) is 8.12. The molecule has 2 aromatic rings. The molecule has 16 heavy (non-hydrogen) atoms. The van der Waals surface area contributed by atoms with E-state index in [0.717, 1.165) is 16.9 Å². The third-order valence-electron chi connectivity index (χ3n) is 2.02. The van der Waals surface area contributed by atoms with E-state index in [1.165, 1.54) is 0 Å². The number of hydrogen-bond acceptors (Lipinski definition) is 4. The molecule has 0 saturated carbocycles. The molecule has 4 nitrogen and oxygen atoms in total. The Bertz CT molecular complexity index is 602. The molecular weight excluding hydrogens is 246 g/mol. The molecule has 0 fully saturated rings. The lowest BCUT2D eigenvalue weighted by Crippen LogP contribution is -1.98. The normalized spacial score (nSPS) is 11.6. The Morgan fingerprint density at radius 3 is 2.31 bits per heavy atom. The van der Waals surface area contributed by atoms with Gasteiger partial charge >= 0.3 is 10.1 Å². The molecule has 2 rings (SSSR count). The number of nitrogen functional groups attached to an aromatic ring is 1. The van der Waals surface area contributed by atoms with Gasteiger partial charge in [-0.25, -0.2) is 0 Å². The summed E-state index contributed by atoms with van der Waals surface area (Å²) in [4.78, 5) is 0.714. The van der Waals surface area contributed by atoms with E-state index < -0.39 is 10.1 Å². The molecule has 0 aliphatic heterocycles. The van der Waals surface area contributed by atoms with Gasteiger partial charge in [0.1, 0.15) is 0 Å². The molecule has 1 aromatic carbocycles. The van der Waals surface area contributed by atoms with Crippen LogP contribution in [0.3, 0.4) is 0 Å². The molecule has 0 unspecified atom stereocenters. The Hall–Kier alpha value is -1.37. The highest BCUT2D eigenvalue weighted by atomic mass is 32.3. The quantitative estimate of drug-likeness (QED) is 0.806. The molecule has 0 aliphatic carbocycles. The Morgan fingerprint density at radius 2 is 1.81 bits per heavy atom. The van der Waals surface area contributed by atoms with E-state index >= 15 is 0 Å². The lowest BCUT2D eigenvalue weighted by Gasteiger charge is -1.94. The maximum atomic E-state index is 11.0. The van der Waals surface area contributed by atoms with Crippen LogP contribution in [0.1, 0.15) is 0 Å². The zero-order valence-corrected chi connectivity index (χ0v) is 9.75. The summed E-state index contributed by atoms with van der Waals surface area (Å²) < 4.78 is 30.7. The smallest absolute Gasteiger partial charge is 0.306 e. The van der Waals surface area contributed by atoms with Gasteiger partial charge in [0, 0.05) is 4.88 Å². The number of benzene rings is 1. The van der Waals surface area contributed by atoms with Gasteiger partial charge < -0.3 is 5.73 Å². The summed E-state index contributed by atoms with van der Waals surface area (Å²) in [6, 6.07) is 10.8. The summed E-state index contributed by atoms with van der Waals surface area (Å²) in [5.74, 6) is 0. The average Bonchev–Trinajstić information content (AvgIpc) is 2.61. The fourth-order valence-corrected chi connectivity index (χ4v) is 3.20. The highest BCUT2D eigenvalue weighted by Gasteiger charge is 2.18. The van der Waals surface area contributed by atoms with Crippen molar-refractivity contribution in [3.05, 3.63) is 36.4 Å². The van der Waals surface area contributed by atoms with Crippen molar-refractivity contribution >= 4 is 27.1 Å². The van der Waals surface area contributed by atoms with E-state index in [1.54, 1.807) is 6.07 Å². The average molecular weight is 255 g/mol. The maximum Gasteiger partial charge on any atom is 0.306 e. The maximum absolute atomic E-state index is 11.0. The lowest BCUT2D eigenvalue weighted by atomic mass is 10.2. The minimum atomic E-state index is -4.23. The van der Waals surface area contributed by atoms with Crippen molar-refractivity contribution in [1.29, 1.82) is 0 Å². The van der Waals surface area contributed by atoms with Gasteiger partial charge in [-0.05, 0) is 11.6 Å². The van der Waals surface area contributed by atoms with Gasteiger partial charge in [0.25, 0.3) is 0 Å². The van der Waals surface area contributed by atoms with Crippen LogP contribution in [0.5, 0.6) is 0 Å². The van der Waals surface area contributed by atoms with Crippen LogP contribution in [-0.2, 0) is 10.1 Å². The van der Waals surface area contributed by atoms with Crippen LogP contribution in [0.15, 0.2) is 40.6 Å². The minimum Gasteiger partial charge on any atom is -0.397 e. The van der Waals surface area contributed by atoms with Crippen LogP contribution in [0.25, 0.3) is 10.4 Å². The first kappa shape index (κ1) is 11.1. The van der Waals surface area contributed by atoms with Crippen LogP contribution >= 0.6 is 11.3 Å². The topological polar surface area (TPSA) is 80.4 Å². The van der Waals surface area contributed by atoms with Gasteiger partial charge in [-0.1, -0.05) is 30.3 Å². The van der Waals surface area contributed by atoms with E-state index in [-0.39, 0.29) is 9.90 Å². The predicted octanol–water partition coefficient (Wildman–Crippen LogP) is 2.24. The van der Waals surface area contributed by atoms with Gasteiger partial charge in [0.2, 0.25) is 0 Å². The van der Waals surface area contributed by atoms with Crippen molar-refractivity contribution in [2.24, 2.45) is 0 Å². The van der Waals surface area contributed by atoms with Gasteiger partial charge in [0.05, 0.1) is 5.69 Å². The second-order valence-electron chi connectivity index (χ2n) is 3.19. The molecule has 0 atom stereocenters.